The van der Waals surface area contributed by atoms with Crippen LogP contribution in [0.15, 0.2) is 18.3 Å². The predicted octanol–water partition coefficient (Wildman–Crippen LogP) is 1.78. The van der Waals surface area contributed by atoms with Crippen LogP contribution in [0, 0.1) is 10.1 Å². The Kier molecular flexibility index (Phi) is 2.79. The number of nitrogens with zero attached hydrogens (tertiary/aromatic N) is 2. The number of nitro groups is 1. The third-order valence-electron chi connectivity index (χ3n) is 1.29. The van der Waals surface area contributed by atoms with Crippen molar-refractivity contribution in [1.82, 2.24) is 4.98 Å². The quantitative estimate of drug-likeness (QED) is 0.527. The summed E-state index contributed by atoms with van der Waals surface area (Å²) < 4.78 is 5.19. The van der Waals surface area contributed by atoms with Crippen LogP contribution in [0.25, 0.3) is 0 Å². The first kappa shape index (κ1) is 9.44. The second-order valence-electron chi connectivity index (χ2n) is 2.78. The summed E-state index contributed by atoms with van der Waals surface area (Å²) >= 11 is 0. The summed E-state index contributed by atoms with van der Waals surface area (Å²) in [6.45, 7) is 3.67. The number of hydrogen-bond donors (Lipinski definition) is 0. The van der Waals surface area contributed by atoms with Gasteiger partial charge in [-0.1, -0.05) is 0 Å². The van der Waals surface area contributed by atoms with E-state index in [2.05, 4.69) is 4.98 Å². The van der Waals surface area contributed by atoms with Crippen LogP contribution in [-0.4, -0.2) is 16.0 Å². The molecule has 1 rings (SSSR count). The molecule has 0 aliphatic carbocycles. The Labute approximate surface area is 75.5 Å². The summed E-state index contributed by atoms with van der Waals surface area (Å²) in [5, 5.41) is 10.4. The van der Waals surface area contributed by atoms with Crippen molar-refractivity contribution in [3.63, 3.8) is 0 Å². The highest BCUT2D eigenvalue weighted by atomic mass is 16.6. The maximum absolute atomic E-state index is 10.4. The molecule has 13 heavy (non-hydrogen) atoms. The minimum absolute atomic E-state index is 0.00866. The van der Waals surface area contributed by atoms with Crippen molar-refractivity contribution in [3.05, 3.63) is 28.4 Å². The summed E-state index contributed by atoms with van der Waals surface area (Å²) in [5.41, 5.74) is -0.00866. The van der Waals surface area contributed by atoms with Gasteiger partial charge in [-0.05, 0) is 13.8 Å². The second kappa shape index (κ2) is 3.84. The number of aromatic nitrogens is 1. The van der Waals surface area contributed by atoms with E-state index >= 15 is 0 Å². The van der Waals surface area contributed by atoms with Crippen LogP contribution in [0.5, 0.6) is 5.88 Å². The molecule has 1 heterocycles. The van der Waals surface area contributed by atoms with Gasteiger partial charge in [0, 0.05) is 12.3 Å². The first-order chi connectivity index (χ1) is 6.09. The highest BCUT2D eigenvalue weighted by Crippen LogP contribution is 2.16. The van der Waals surface area contributed by atoms with Crippen molar-refractivity contribution in [3.8, 4) is 5.88 Å². The van der Waals surface area contributed by atoms with E-state index in [0.717, 1.165) is 0 Å². The molecular formula is C8H10N2O3. The lowest BCUT2D eigenvalue weighted by atomic mass is 10.4. The molecule has 0 N–H and O–H groups in total. The second-order valence-corrected chi connectivity index (χ2v) is 2.78. The Bertz CT molecular complexity index is 312. The molecule has 1 aromatic heterocycles. The molecule has 70 valence electrons. The van der Waals surface area contributed by atoms with Gasteiger partial charge < -0.3 is 4.74 Å². The normalized spacial score (nSPS) is 10.1. The Morgan fingerprint density at radius 2 is 2.31 bits per heavy atom. The molecule has 1 aromatic rings. The van der Waals surface area contributed by atoms with Gasteiger partial charge in [0.15, 0.2) is 0 Å². The van der Waals surface area contributed by atoms with Crippen LogP contribution in [0.2, 0.25) is 0 Å². The average molecular weight is 182 g/mol. The van der Waals surface area contributed by atoms with E-state index in [1.54, 1.807) is 0 Å². The summed E-state index contributed by atoms with van der Waals surface area (Å²) in [4.78, 5) is 13.7. The molecule has 0 radical (unpaired) electrons. The molecule has 0 spiro atoms. The summed E-state index contributed by atoms with van der Waals surface area (Å²) in [7, 11) is 0. The number of ether oxygens (including phenoxy) is 1. The predicted molar refractivity (Wildman–Crippen MR) is 46.7 cm³/mol. The van der Waals surface area contributed by atoms with Gasteiger partial charge in [0.2, 0.25) is 5.88 Å². The molecule has 0 aromatic carbocycles. The third-order valence-corrected chi connectivity index (χ3v) is 1.29. The Hall–Kier alpha value is -1.65. The van der Waals surface area contributed by atoms with Crippen molar-refractivity contribution < 1.29 is 9.66 Å². The smallest absolute Gasteiger partial charge is 0.276 e. The molecular weight excluding hydrogens is 172 g/mol. The van der Waals surface area contributed by atoms with E-state index in [4.69, 9.17) is 4.74 Å². The van der Waals surface area contributed by atoms with Crippen molar-refractivity contribution >= 4 is 5.69 Å². The van der Waals surface area contributed by atoms with E-state index in [0.29, 0.717) is 0 Å². The molecule has 5 heteroatoms. The maximum atomic E-state index is 10.4. The standard InChI is InChI=1S/C8H10N2O3/c1-6(2)13-8-5-7(10(11)12)3-4-9-8/h3-6H,1-2H3. The average Bonchev–Trinajstić information content (AvgIpc) is 2.03. The molecule has 0 bridgehead atoms. The van der Waals surface area contributed by atoms with Crippen molar-refractivity contribution in [2.24, 2.45) is 0 Å². The lowest BCUT2D eigenvalue weighted by Gasteiger charge is -2.06. The SMILES string of the molecule is CC(C)Oc1cc([N+](=O)[O-])ccn1. The fourth-order valence-corrected chi connectivity index (χ4v) is 0.818. The number of pyridine rings is 1. The first-order valence-electron chi connectivity index (χ1n) is 3.86. The van der Waals surface area contributed by atoms with Crippen LogP contribution < -0.4 is 4.74 Å². The summed E-state index contributed by atoms with van der Waals surface area (Å²) in [5.74, 6) is 0.282. The highest BCUT2D eigenvalue weighted by Gasteiger charge is 2.07. The molecule has 0 atom stereocenters. The van der Waals surface area contributed by atoms with Crippen molar-refractivity contribution in [1.29, 1.82) is 0 Å². The van der Waals surface area contributed by atoms with E-state index in [-0.39, 0.29) is 17.7 Å². The zero-order valence-corrected chi connectivity index (χ0v) is 7.43. The lowest BCUT2D eigenvalue weighted by Crippen LogP contribution is -2.06. The zero-order valence-electron chi connectivity index (χ0n) is 7.43. The fourth-order valence-electron chi connectivity index (χ4n) is 0.818. The van der Waals surface area contributed by atoms with Gasteiger partial charge in [0.25, 0.3) is 5.69 Å². The van der Waals surface area contributed by atoms with Crippen LogP contribution in [0.4, 0.5) is 5.69 Å². The van der Waals surface area contributed by atoms with E-state index in [1.165, 1.54) is 18.3 Å². The molecule has 0 unspecified atom stereocenters. The lowest BCUT2D eigenvalue weighted by molar-refractivity contribution is -0.385. The summed E-state index contributed by atoms with van der Waals surface area (Å²) in [6, 6.07) is 2.63. The molecule has 0 fully saturated rings. The fraction of sp³-hybridized carbons (Fsp3) is 0.375. The third kappa shape index (κ3) is 2.70. The van der Waals surface area contributed by atoms with Crippen LogP contribution >= 0.6 is 0 Å². The van der Waals surface area contributed by atoms with Gasteiger partial charge in [-0.15, -0.1) is 0 Å². The molecule has 5 nitrogen and oxygen atoms in total. The van der Waals surface area contributed by atoms with Crippen LogP contribution in [0.3, 0.4) is 0 Å². The summed E-state index contributed by atoms with van der Waals surface area (Å²) in [6.07, 6.45) is 1.32. The first-order valence-corrected chi connectivity index (χ1v) is 3.86. The Balaban J connectivity index is 2.85. The molecule has 0 amide bonds. The monoisotopic (exact) mass is 182 g/mol. The van der Waals surface area contributed by atoms with Crippen LogP contribution in [-0.2, 0) is 0 Å². The van der Waals surface area contributed by atoms with Crippen molar-refractivity contribution in [2.75, 3.05) is 0 Å². The van der Waals surface area contributed by atoms with Gasteiger partial charge in [-0.3, -0.25) is 10.1 Å². The van der Waals surface area contributed by atoms with E-state index in [9.17, 15) is 10.1 Å². The molecule has 0 aliphatic heterocycles. The largest absolute Gasteiger partial charge is 0.475 e. The molecule has 0 saturated carbocycles. The maximum Gasteiger partial charge on any atom is 0.276 e. The molecule has 0 aliphatic rings. The minimum Gasteiger partial charge on any atom is -0.475 e. The van der Waals surface area contributed by atoms with Crippen molar-refractivity contribution in [2.45, 2.75) is 20.0 Å². The topological polar surface area (TPSA) is 65.3 Å². The molecule has 0 saturated heterocycles. The van der Waals surface area contributed by atoms with Gasteiger partial charge in [0.05, 0.1) is 17.1 Å². The Morgan fingerprint density at radius 1 is 1.62 bits per heavy atom. The number of hydrogen-bond acceptors (Lipinski definition) is 4. The highest BCUT2D eigenvalue weighted by molar-refractivity contribution is 5.32. The zero-order chi connectivity index (χ0) is 9.84. The van der Waals surface area contributed by atoms with Crippen LogP contribution in [0.1, 0.15) is 13.8 Å². The minimum atomic E-state index is -0.477. The van der Waals surface area contributed by atoms with E-state index < -0.39 is 4.92 Å². The van der Waals surface area contributed by atoms with Gasteiger partial charge >= 0.3 is 0 Å². The van der Waals surface area contributed by atoms with Gasteiger partial charge in [-0.2, -0.15) is 0 Å². The van der Waals surface area contributed by atoms with E-state index in [1.807, 2.05) is 13.8 Å². The van der Waals surface area contributed by atoms with Gasteiger partial charge in [-0.25, -0.2) is 4.98 Å². The van der Waals surface area contributed by atoms with Gasteiger partial charge in [0.1, 0.15) is 0 Å². The Morgan fingerprint density at radius 3 is 2.85 bits per heavy atom. The number of rotatable bonds is 3.